The molecule has 0 N–H and O–H groups in total. The second-order valence-corrected chi connectivity index (χ2v) is 12.3. The molecule has 3 rings (SSSR count). The van der Waals surface area contributed by atoms with Crippen molar-refractivity contribution in [2.75, 3.05) is 13.2 Å². The summed E-state index contributed by atoms with van der Waals surface area (Å²) < 4.78 is 56.8. The van der Waals surface area contributed by atoms with E-state index in [-0.39, 0.29) is 0 Å². The molecule has 17 nitrogen and oxygen atoms in total. The Kier molecular flexibility index (Phi) is 15.0. The van der Waals surface area contributed by atoms with Crippen molar-refractivity contribution in [1.82, 2.24) is 0 Å². The van der Waals surface area contributed by atoms with E-state index >= 15 is 0 Å². The number of ether oxygens (including phenoxy) is 10. The van der Waals surface area contributed by atoms with Gasteiger partial charge in [0.1, 0.15) is 37.0 Å². The third-order valence-corrected chi connectivity index (χ3v) is 8.04. The number of hydrogen-bond acceptors (Lipinski definition) is 18. The van der Waals surface area contributed by atoms with Gasteiger partial charge in [-0.05, 0) is 12.1 Å². The van der Waals surface area contributed by atoms with Gasteiger partial charge in [0.05, 0.1) is 0 Å². The Bertz CT molecular complexity index is 1390. The largest absolute Gasteiger partial charge is 0.463 e. The van der Waals surface area contributed by atoms with Crippen LogP contribution in [0.5, 0.6) is 0 Å². The molecule has 0 saturated carbocycles. The third-order valence-electron chi connectivity index (χ3n) is 6.88. The Balaban J connectivity index is 2.16. The van der Waals surface area contributed by atoms with Crippen LogP contribution in [-0.2, 0) is 80.9 Å². The predicted octanol–water partition coefficient (Wildman–Crippen LogP) is 1.40. The zero-order valence-corrected chi connectivity index (χ0v) is 29.2. The lowest BCUT2D eigenvalue weighted by atomic mass is 9.96. The highest BCUT2D eigenvalue weighted by molar-refractivity contribution is 7.99. The summed E-state index contributed by atoms with van der Waals surface area (Å²) in [5, 5.41) is 0. The highest BCUT2D eigenvalue weighted by Gasteiger charge is 2.57. The molecule has 2 fully saturated rings. The molecule has 0 radical (unpaired) electrons. The van der Waals surface area contributed by atoms with E-state index in [2.05, 4.69) is 0 Å². The third kappa shape index (κ3) is 12.0. The van der Waals surface area contributed by atoms with E-state index in [1.54, 1.807) is 30.3 Å². The van der Waals surface area contributed by atoms with Gasteiger partial charge < -0.3 is 47.4 Å². The number of esters is 7. The minimum absolute atomic E-state index is 0.471. The number of carbonyl (C=O) groups excluding carboxylic acids is 7. The summed E-state index contributed by atoms with van der Waals surface area (Å²) in [5.41, 5.74) is -1.05. The van der Waals surface area contributed by atoms with Crippen molar-refractivity contribution in [1.29, 1.82) is 0 Å². The summed E-state index contributed by atoms with van der Waals surface area (Å²) in [6.07, 6.45) is -13.4. The Hall–Kier alpha value is -4.26. The lowest BCUT2D eigenvalue weighted by Gasteiger charge is -2.48. The van der Waals surface area contributed by atoms with Crippen molar-refractivity contribution in [3.63, 3.8) is 0 Å². The first-order valence-corrected chi connectivity index (χ1v) is 16.2. The zero-order valence-electron chi connectivity index (χ0n) is 28.4. The van der Waals surface area contributed by atoms with Crippen molar-refractivity contribution >= 4 is 53.5 Å². The molecule has 18 heteroatoms. The van der Waals surface area contributed by atoms with Crippen LogP contribution in [0.15, 0.2) is 35.2 Å². The van der Waals surface area contributed by atoms with E-state index < -0.39 is 116 Å². The van der Waals surface area contributed by atoms with E-state index in [1.807, 2.05) is 0 Å². The first-order valence-electron chi connectivity index (χ1n) is 15.4. The normalized spacial score (nSPS) is 29.0. The van der Waals surface area contributed by atoms with E-state index in [4.69, 9.17) is 47.4 Å². The first-order chi connectivity index (χ1) is 23.5. The van der Waals surface area contributed by atoms with Gasteiger partial charge in [0.25, 0.3) is 0 Å². The summed E-state index contributed by atoms with van der Waals surface area (Å²) in [5.74, 6) is -5.63. The van der Waals surface area contributed by atoms with Crippen LogP contribution in [0.2, 0.25) is 0 Å². The molecular weight excluding hydrogens is 688 g/mol. The Morgan fingerprint density at radius 2 is 0.940 bits per heavy atom. The van der Waals surface area contributed by atoms with Crippen molar-refractivity contribution in [2.24, 2.45) is 0 Å². The fraction of sp³-hybridized carbons (Fsp3) is 0.594. The van der Waals surface area contributed by atoms with E-state index in [9.17, 15) is 33.6 Å². The van der Waals surface area contributed by atoms with E-state index in [0.717, 1.165) is 60.2 Å². The van der Waals surface area contributed by atoms with Gasteiger partial charge in [-0.25, -0.2) is 0 Å². The molecule has 50 heavy (non-hydrogen) atoms. The standard InChI is InChI=1S/C32H40O17S/c1-15(33)40-13-23-25(42-17(3)35)27(43-18(4)36)29(45-20(6)38)31(47-23)49-26-24(14-41-16(2)34)48-32(50-22-11-9-8-10-12-22)30(46-21(7)39)28(26)44-19(5)37/h8-12,23-32H,13-14H2,1-7H3/t23-,24+,25-,26-,27+,28-,29+,30-,31+,32-/m1/s1. The molecule has 0 spiro atoms. The van der Waals surface area contributed by atoms with Crippen LogP contribution in [0.3, 0.4) is 0 Å². The van der Waals surface area contributed by atoms with Gasteiger partial charge in [-0.15, -0.1) is 0 Å². The molecule has 2 saturated heterocycles. The van der Waals surface area contributed by atoms with Gasteiger partial charge in [-0.3, -0.25) is 33.6 Å². The fourth-order valence-electron chi connectivity index (χ4n) is 5.20. The maximum Gasteiger partial charge on any atom is 0.303 e. The molecule has 0 unspecified atom stereocenters. The molecular formula is C32H40O17S. The average Bonchev–Trinajstić information content (AvgIpc) is 3.00. The molecule has 0 amide bonds. The highest BCUT2D eigenvalue weighted by atomic mass is 32.2. The first kappa shape index (κ1) is 40.2. The number of rotatable bonds is 13. The lowest BCUT2D eigenvalue weighted by Crippen LogP contribution is -2.66. The monoisotopic (exact) mass is 728 g/mol. The van der Waals surface area contributed by atoms with E-state index in [1.165, 1.54) is 0 Å². The predicted molar refractivity (Wildman–Crippen MR) is 166 cm³/mol. The second-order valence-electron chi connectivity index (χ2n) is 11.1. The zero-order chi connectivity index (χ0) is 37.1. The molecule has 276 valence electrons. The van der Waals surface area contributed by atoms with Crippen LogP contribution in [0.4, 0.5) is 0 Å². The quantitative estimate of drug-likeness (QED) is 0.207. The van der Waals surface area contributed by atoms with Gasteiger partial charge in [0.2, 0.25) is 0 Å². The fourth-order valence-corrected chi connectivity index (χ4v) is 6.33. The van der Waals surface area contributed by atoms with Crippen molar-refractivity contribution in [3.8, 4) is 0 Å². The summed E-state index contributed by atoms with van der Waals surface area (Å²) in [6, 6.07) is 8.85. The molecule has 10 atom stereocenters. The van der Waals surface area contributed by atoms with Gasteiger partial charge in [0, 0.05) is 53.4 Å². The lowest BCUT2D eigenvalue weighted by molar-refractivity contribution is -0.341. The van der Waals surface area contributed by atoms with Crippen LogP contribution in [-0.4, -0.2) is 116 Å². The molecule has 2 heterocycles. The Morgan fingerprint density at radius 1 is 0.520 bits per heavy atom. The maximum absolute atomic E-state index is 12.5. The molecule has 0 bridgehead atoms. The van der Waals surface area contributed by atoms with Crippen molar-refractivity contribution < 1.29 is 80.9 Å². The van der Waals surface area contributed by atoms with E-state index in [0.29, 0.717) is 4.90 Å². The van der Waals surface area contributed by atoms with Crippen molar-refractivity contribution in [3.05, 3.63) is 30.3 Å². The van der Waals surface area contributed by atoms with Gasteiger partial charge in [-0.2, -0.15) is 0 Å². The number of thioether (sulfide) groups is 1. The van der Waals surface area contributed by atoms with Gasteiger partial charge in [-0.1, -0.05) is 30.0 Å². The summed E-state index contributed by atoms with van der Waals surface area (Å²) in [4.78, 5) is 86.2. The SMILES string of the molecule is CC(=O)OC[C@@H]1O[C@H](Sc2ccccc2)[C@H](OC(C)=O)[C@H](OC(C)=O)[C@@H]1O[C@@H]1O[C@H](COC(C)=O)[C@@H](OC(C)=O)[C@H](OC(C)=O)[C@@H]1OC(C)=O. The minimum atomic E-state index is -1.75. The molecule has 0 aromatic heterocycles. The molecule has 2 aliphatic rings. The summed E-state index contributed by atoms with van der Waals surface area (Å²) in [7, 11) is 0. The average molecular weight is 729 g/mol. The Labute approximate surface area is 291 Å². The van der Waals surface area contributed by atoms with Crippen LogP contribution in [0.25, 0.3) is 0 Å². The molecule has 0 aliphatic carbocycles. The smallest absolute Gasteiger partial charge is 0.303 e. The second kappa shape index (κ2) is 18.7. The number of carbonyl (C=O) groups is 7. The highest BCUT2D eigenvalue weighted by Crippen LogP contribution is 2.39. The van der Waals surface area contributed by atoms with Crippen molar-refractivity contribution in [2.45, 2.75) is 114 Å². The van der Waals surface area contributed by atoms with Gasteiger partial charge >= 0.3 is 41.8 Å². The molecule has 1 aromatic rings. The number of hydrogen-bond donors (Lipinski definition) is 0. The number of benzene rings is 1. The summed E-state index contributed by atoms with van der Waals surface area (Å²) in [6.45, 7) is 6.66. The van der Waals surface area contributed by atoms with Crippen LogP contribution in [0, 0.1) is 0 Å². The Morgan fingerprint density at radius 3 is 1.42 bits per heavy atom. The molecule has 1 aromatic carbocycles. The minimum Gasteiger partial charge on any atom is -0.463 e. The van der Waals surface area contributed by atoms with Gasteiger partial charge in [0.15, 0.2) is 36.8 Å². The summed E-state index contributed by atoms with van der Waals surface area (Å²) >= 11 is 1.12. The van der Waals surface area contributed by atoms with Crippen LogP contribution in [0.1, 0.15) is 48.5 Å². The van der Waals surface area contributed by atoms with Crippen LogP contribution < -0.4 is 0 Å². The molecule has 2 aliphatic heterocycles. The van der Waals surface area contributed by atoms with Crippen LogP contribution >= 0.6 is 11.8 Å². The topological polar surface area (TPSA) is 212 Å². The maximum atomic E-state index is 12.5.